The van der Waals surface area contributed by atoms with E-state index < -0.39 is 5.60 Å². The molecule has 3 rings (SSSR count). The quantitative estimate of drug-likeness (QED) is 0.649. The molecule has 1 N–H and O–H groups in total. The van der Waals surface area contributed by atoms with Gasteiger partial charge in [0.2, 0.25) is 11.8 Å². The van der Waals surface area contributed by atoms with Crippen molar-refractivity contribution in [2.75, 3.05) is 43.8 Å². The number of thiol groups is 1. The van der Waals surface area contributed by atoms with Gasteiger partial charge in [-0.3, -0.25) is 14.5 Å². The summed E-state index contributed by atoms with van der Waals surface area (Å²) in [6.07, 6.45) is -0.310. The Morgan fingerprint density at radius 3 is 2.35 bits per heavy atom. The van der Waals surface area contributed by atoms with E-state index in [0.717, 1.165) is 5.56 Å². The smallest absolute Gasteiger partial charge is 0.410 e. The van der Waals surface area contributed by atoms with E-state index >= 15 is 0 Å². The number of hydrogen-bond acceptors (Lipinski definition) is 7. The maximum Gasteiger partial charge on any atom is 0.410 e. The molecule has 0 bridgehead atoms. The first-order valence-electron chi connectivity index (χ1n) is 10.3. The minimum absolute atomic E-state index is 0.0918. The lowest BCUT2D eigenvalue weighted by Gasteiger charge is -2.35. The third-order valence-corrected chi connectivity index (χ3v) is 6.62. The van der Waals surface area contributed by atoms with Gasteiger partial charge in [0.1, 0.15) is 10.3 Å². The van der Waals surface area contributed by atoms with Crippen LogP contribution in [0.25, 0.3) is 0 Å². The van der Waals surface area contributed by atoms with Gasteiger partial charge in [0, 0.05) is 38.4 Å². The largest absolute Gasteiger partial charge is 0.444 e. The van der Waals surface area contributed by atoms with Crippen molar-refractivity contribution >= 4 is 48.0 Å². The molecule has 0 radical (unpaired) electrons. The number of rotatable bonds is 5. The molecule has 2 aliphatic rings. The number of hydrogen-bond donors (Lipinski definition) is 2. The van der Waals surface area contributed by atoms with Crippen molar-refractivity contribution in [2.45, 2.75) is 37.6 Å². The van der Waals surface area contributed by atoms with Crippen LogP contribution in [-0.4, -0.2) is 81.4 Å². The van der Waals surface area contributed by atoms with Gasteiger partial charge in [0.25, 0.3) is 0 Å². The second-order valence-corrected chi connectivity index (χ2v) is 10.6. The fraction of sp³-hybridized carbons (Fsp3) is 0.571. The Hall–Kier alpha value is -1.91. The first-order valence-corrected chi connectivity index (χ1v) is 11.9. The average Bonchev–Trinajstić information content (AvgIpc) is 3.00. The van der Waals surface area contributed by atoms with E-state index in [1.165, 1.54) is 11.8 Å². The summed E-state index contributed by atoms with van der Waals surface area (Å²) in [5, 5.41) is 2.91. The molecule has 0 spiro atoms. The number of nitrogens with zero attached hydrogens (tertiary/aromatic N) is 3. The van der Waals surface area contributed by atoms with Crippen LogP contribution in [0, 0.1) is 0 Å². The van der Waals surface area contributed by atoms with E-state index in [0.29, 0.717) is 44.2 Å². The van der Waals surface area contributed by atoms with E-state index in [1.54, 1.807) is 9.80 Å². The van der Waals surface area contributed by atoms with Gasteiger partial charge < -0.3 is 19.9 Å². The van der Waals surface area contributed by atoms with Crippen molar-refractivity contribution in [2.24, 2.45) is 0 Å². The van der Waals surface area contributed by atoms with Crippen LogP contribution in [0.1, 0.15) is 26.3 Å². The van der Waals surface area contributed by atoms with Crippen LogP contribution in [0.2, 0.25) is 0 Å². The molecule has 2 saturated heterocycles. The van der Waals surface area contributed by atoms with Crippen molar-refractivity contribution in [3.63, 3.8) is 0 Å². The first kappa shape index (κ1) is 23.7. The highest BCUT2D eigenvalue weighted by atomic mass is 32.2. The van der Waals surface area contributed by atoms with Crippen molar-refractivity contribution in [1.82, 2.24) is 14.7 Å². The highest BCUT2D eigenvalue weighted by Crippen LogP contribution is 2.29. The van der Waals surface area contributed by atoms with E-state index in [-0.39, 0.29) is 29.2 Å². The van der Waals surface area contributed by atoms with Gasteiger partial charge >= 0.3 is 6.09 Å². The molecule has 1 aromatic rings. The highest BCUT2D eigenvalue weighted by Gasteiger charge is 2.29. The lowest BCUT2D eigenvalue weighted by molar-refractivity contribution is -0.127. The summed E-state index contributed by atoms with van der Waals surface area (Å²) < 4.78 is 5.29. The predicted octanol–water partition coefficient (Wildman–Crippen LogP) is 2.47. The molecule has 31 heavy (non-hydrogen) atoms. The zero-order valence-electron chi connectivity index (χ0n) is 18.2. The number of benzene rings is 1. The van der Waals surface area contributed by atoms with Gasteiger partial charge in [-0.15, -0.1) is 24.4 Å². The summed E-state index contributed by atoms with van der Waals surface area (Å²) in [5.41, 5.74) is 1.19. The number of carbonyl (C=O) groups is 3. The molecule has 8 nitrogen and oxygen atoms in total. The average molecular weight is 467 g/mol. The van der Waals surface area contributed by atoms with Crippen molar-refractivity contribution in [3.05, 3.63) is 29.8 Å². The molecular weight excluding hydrogens is 436 g/mol. The Kier molecular flexibility index (Phi) is 7.77. The Bertz CT molecular complexity index is 805. The zero-order valence-corrected chi connectivity index (χ0v) is 19.9. The van der Waals surface area contributed by atoms with Gasteiger partial charge in [-0.25, -0.2) is 4.79 Å². The van der Waals surface area contributed by atoms with Gasteiger partial charge in [-0.1, -0.05) is 12.1 Å². The summed E-state index contributed by atoms with van der Waals surface area (Å²) >= 11 is 5.93. The van der Waals surface area contributed by atoms with E-state index in [1.807, 2.05) is 49.9 Å². The summed E-state index contributed by atoms with van der Waals surface area (Å²) in [6.45, 7) is 8.64. The monoisotopic (exact) mass is 466 g/mol. The van der Waals surface area contributed by atoms with Crippen LogP contribution in [0.4, 0.5) is 10.5 Å². The molecule has 2 fully saturated rings. The molecule has 0 aromatic heterocycles. The van der Waals surface area contributed by atoms with E-state index in [2.05, 4.69) is 17.9 Å². The first-order chi connectivity index (χ1) is 14.6. The van der Waals surface area contributed by atoms with Gasteiger partial charge in [-0.05, 0) is 38.5 Å². The number of ether oxygens (including phenoxy) is 1. The number of nitrogens with one attached hydrogen (secondary N) is 1. The summed E-state index contributed by atoms with van der Waals surface area (Å²) in [7, 11) is 0. The van der Waals surface area contributed by atoms with Crippen LogP contribution >= 0.6 is 24.4 Å². The predicted molar refractivity (Wildman–Crippen MR) is 125 cm³/mol. The third-order valence-electron chi connectivity index (χ3n) is 4.92. The van der Waals surface area contributed by atoms with E-state index in [9.17, 15) is 14.4 Å². The van der Waals surface area contributed by atoms with E-state index in [4.69, 9.17) is 4.74 Å². The molecule has 1 atom stereocenters. The van der Waals surface area contributed by atoms with Crippen LogP contribution in [0.15, 0.2) is 24.3 Å². The topological polar surface area (TPSA) is 82.2 Å². The number of anilines is 1. The van der Waals surface area contributed by atoms with Crippen molar-refractivity contribution in [3.8, 4) is 0 Å². The van der Waals surface area contributed by atoms with Gasteiger partial charge in [-0.2, -0.15) is 0 Å². The number of piperazine rings is 1. The highest BCUT2D eigenvalue weighted by molar-refractivity contribution is 8.11. The number of carbonyl (C=O) groups excluding carboxylic acids is 3. The van der Waals surface area contributed by atoms with Crippen LogP contribution in [0.3, 0.4) is 0 Å². The molecule has 0 saturated carbocycles. The van der Waals surface area contributed by atoms with Crippen LogP contribution in [0.5, 0.6) is 0 Å². The summed E-state index contributed by atoms with van der Waals surface area (Å²) in [5.74, 6) is 0.461. The van der Waals surface area contributed by atoms with Crippen LogP contribution < -0.4 is 5.32 Å². The lowest BCUT2D eigenvalue weighted by Crippen LogP contribution is -2.51. The molecule has 170 valence electrons. The second-order valence-electron chi connectivity index (χ2n) is 8.65. The lowest BCUT2D eigenvalue weighted by atomic mass is 10.2. The van der Waals surface area contributed by atoms with Gasteiger partial charge in [0.15, 0.2) is 0 Å². The fourth-order valence-corrected chi connectivity index (χ4v) is 4.58. The molecule has 10 heteroatoms. The molecule has 2 aliphatic heterocycles. The maximum atomic E-state index is 12.4. The molecule has 0 aliphatic carbocycles. The number of amides is 3. The zero-order chi connectivity index (χ0) is 22.6. The molecular formula is C21H30N4O4S2. The Morgan fingerprint density at radius 2 is 1.81 bits per heavy atom. The number of thioether (sulfide) groups is 1. The van der Waals surface area contributed by atoms with Crippen molar-refractivity contribution < 1.29 is 19.1 Å². The summed E-state index contributed by atoms with van der Waals surface area (Å²) in [6, 6.07) is 7.50. The minimum atomic E-state index is -0.513. The third kappa shape index (κ3) is 7.05. The molecule has 1 unspecified atom stereocenters. The molecule has 2 heterocycles. The summed E-state index contributed by atoms with van der Waals surface area (Å²) in [4.78, 5) is 41.9. The second kappa shape index (κ2) is 10.1. The van der Waals surface area contributed by atoms with Gasteiger partial charge in [0.05, 0.1) is 12.3 Å². The Balaban J connectivity index is 1.42. The Labute approximate surface area is 193 Å². The fourth-order valence-electron chi connectivity index (χ4n) is 3.32. The molecule has 1 aromatic carbocycles. The normalized spacial score (nSPS) is 20.1. The minimum Gasteiger partial charge on any atom is -0.444 e. The van der Waals surface area contributed by atoms with Crippen molar-refractivity contribution in [1.29, 1.82) is 0 Å². The standard InChI is InChI=1S/C21H30N4O4S2/c1-21(2,3)29-19(28)24-10-8-23(9-11-24)13-17(26)22-16-6-4-15(5-7-16)12-25-18(27)14-31-20(25)30/h4-7,20,30H,8-14H2,1-3H3,(H,22,26). The SMILES string of the molecule is CC(C)(C)OC(=O)N1CCN(CC(=O)Nc2ccc(CN3C(=O)CSC3S)cc2)CC1. The van der Waals surface area contributed by atoms with Crippen LogP contribution in [-0.2, 0) is 20.9 Å². The maximum absolute atomic E-state index is 12.4. The Morgan fingerprint density at radius 1 is 1.16 bits per heavy atom. The molecule has 3 amide bonds.